The van der Waals surface area contributed by atoms with Crippen molar-refractivity contribution < 1.29 is 39.5 Å². The number of rotatable bonds is 1. The second-order valence-corrected chi connectivity index (χ2v) is 1.82. The minimum Gasteiger partial charge on any atom is -0.543 e. The molecule has 0 aliphatic carbocycles. The van der Waals surface area contributed by atoms with Crippen LogP contribution >= 0.6 is 0 Å². The summed E-state index contributed by atoms with van der Waals surface area (Å²) < 4.78 is 0. The Kier molecular flexibility index (Phi) is 3.94. The summed E-state index contributed by atoms with van der Waals surface area (Å²) in [6.45, 7) is 0. The fraction of sp³-hybridized carbons (Fsp3) is 0. The van der Waals surface area contributed by atoms with Crippen molar-refractivity contribution >= 4 is 17.6 Å². The molecule has 0 atom stereocenters. The normalized spacial score (nSPS) is 8.67. The average Bonchev–Trinajstić information content (AvgIpc) is 1.94. The van der Waals surface area contributed by atoms with E-state index in [4.69, 9.17) is 11.5 Å². The maximum absolute atomic E-state index is 10.2. The van der Waals surface area contributed by atoms with Gasteiger partial charge in [-0.05, 0) is 0 Å². The number of carbonyl (C=O) groups is 1. The van der Waals surface area contributed by atoms with Crippen molar-refractivity contribution in [1.29, 1.82) is 0 Å². The van der Waals surface area contributed by atoms with Crippen molar-refractivity contribution in [2.75, 3.05) is 11.5 Å². The third-order valence-corrected chi connectivity index (χ3v) is 1.03. The van der Waals surface area contributed by atoms with Crippen LogP contribution in [0.3, 0.4) is 0 Å². The maximum Gasteiger partial charge on any atom is 1.00 e. The first-order valence-electron chi connectivity index (χ1n) is 2.70. The molecule has 0 bridgehead atoms. The molecule has 0 spiro atoms. The number of hydrogen-bond donors (Lipinski definition) is 2. The molecule has 7 heteroatoms. The fourth-order valence-electron chi connectivity index (χ4n) is 0.568. The fourth-order valence-corrected chi connectivity index (χ4v) is 0.568. The number of nitrogen functional groups attached to an aromatic ring is 2. The van der Waals surface area contributed by atoms with E-state index in [1.165, 1.54) is 0 Å². The number of carboxylic acids is 1. The standard InChI is InChI=1S/C5H6N4O2.Na/c6-2-1-8-5(7)9-3(2)4(10)11;/h1H,6H2,(H,10,11)(H2,7,8,9);/q;+1/p-1. The van der Waals surface area contributed by atoms with Gasteiger partial charge < -0.3 is 21.4 Å². The van der Waals surface area contributed by atoms with Crippen molar-refractivity contribution in [3.05, 3.63) is 11.9 Å². The molecule has 1 rings (SSSR count). The van der Waals surface area contributed by atoms with Gasteiger partial charge in [-0.25, -0.2) is 9.97 Å². The zero-order chi connectivity index (χ0) is 8.43. The largest absolute Gasteiger partial charge is 1.00 e. The van der Waals surface area contributed by atoms with Gasteiger partial charge in [0, 0.05) is 0 Å². The minimum atomic E-state index is -1.46. The van der Waals surface area contributed by atoms with Crippen LogP contribution < -0.4 is 46.1 Å². The Morgan fingerprint density at radius 3 is 2.50 bits per heavy atom. The number of carbonyl (C=O) groups excluding carboxylic acids is 1. The zero-order valence-electron chi connectivity index (χ0n) is 6.44. The van der Waals surface area contributed by atoms with Crippen molar-refractivity contribution in [3.8, 4) is 0 Å². The predicted molar refractivity (Wildman–Crippen MR) is 35.2 cm³/mol. The Balaban J connectivity index is 0.00000121. The second kappa shape index (κ2) is 4.24. The molecule has 1 aromatic heterocycles. The first-order chi connectivity index (χ1) is 5.11. The summed E-state index contributed by atoms with van der Waals surface area (Å²) in [6.07, 6.45) is 1.12. The van der Waals surface area contributed by atoms with Gasteiger partial charge in [-0.2, -0.15) is 0 Å². The van der Waals surface area contributed by atoms with E-state index in [9.17, 15) is 9.90 Å². The van der Waals surface area contributed by atoms with E-state index in [1.807, 2.05) is 0 Å². The number of aromatic nitrogens is 2. The van der Waals surface area contributed by atoms with E-state index in [2.05, 4.69) is 9.97 Å². The summed E-state index contributed by atoms with van der Waals surface area (Å²) in [6, 6.07) is 0. The van der Waals surface area contributed by atoms with Crippen LogP contribution in [-0.2, 0) is 0 Å². The van der Waals surface area contributed by atoms with Crippen molar-refractivity contribution in [1.82, 2.24) is 9.97 Å². The Morgan fingerprint density at radius 1 is 1.50 bits per heavy atom. The molecule has 1 aromatic rings. The maximum atomic E-state index is 10.2. The van der Waals surface area contributed by atoms with E-state index in [-0.39, 0.29) is 46.9 Å². The van der Waals surface area contributed by atoms with Crippen LogP contribution in [0.2, 0.25) is 0 Å². The molecule has 0 saturated heterocycles. The number of hydrogen-bond acceptors (Lipinski definition) is 6. The summed E-state index contributed by atoms with van der Waals surface area (Å²) in [4.78, 5) is 17.1. The first-order valence-corrected chi connectivity index (χ1v) is 2.70. The van der Waals surface area contributed by atoms with Crippen molar-refractivity contribution in [2.45, 2.75) is 0 Å². The smallest absolute Gasteiger partial charge is 0.543 e. The van der Waals surface area contributed by atoms with E-state index < -0.39 is 5.97 Å². The van der Waals surface area contributed by atoms with Gasteiger partial charge in [0.05, 0.1) is 17.9 Å². The van der Waals surface area contributed by atoms with E-state index in [1.54, 1.807) is 0 Å². The monoisotopic (exact) mass is 176 g/mol. The molecule has 0 aliphatic rings. The third-order valence-electron chi connectivity index (χ3n) is 1.03. The van der Waals surface area contributed by atoms with Crippen LogP contribution in [0.15, 0.2) is 6.20 Å². The topological polar surface area (TPSA) is 118 Å². The molecule has 0 aliphatic heterocycles. The van der Waals surface area contributed by atoms with Gasteiger partial charge in [0.25, 0.3) is 0 Å². The van der Waals surface area contributed by atoms with Gasteiger partial charge in [0.15, 0.2) is 0 Å². The number of anilines is 2. The van der Waals surface area contributed by atoms with Gasteiger partial charge in [0.1, 0.15) is 5.69 Å². The quantitative estimate of drug-likeness (QED) is 0.413. The van der Waals surface area contributed by atoms with Crippen LogP contribution in [0.5, 0.6) is 0 Å². The second-order valence-electron chi connectivity index (χ2n) is 1.82. The van der Waals surface area contributed by atoms with Crippen LogP contribution in [0.4, 0.5) is 11.6 Å². The Morgan fingerprint density at radius 2 is 2.08 bits per heavy atom. The summed E-state index contributed by atoms with van der Waals surface area (Å²) >= 11 is 0. The SMILES string of the molecule is Nc1ncc(N)c(C(=O)[O-])n1.[Na+]. The van der Waals surface area contributed by atoms with Gasteiger partial charge in [-0.3, -0.25) is 0 Å². The molecular formula is C5H5N4NaO2. The Bertz CT molecular complexity index is 303. The van der Waals surface area contributed by atoms with E-state index in [0.29, 0.717) is 0 Å². The minimum absolute atomic E-state index is 0. The molecule has 58 valence electrons. The number of aromatic carboxylic acids is 1. The van der Waals surface area contributed by atoms with Crippen molar-refractivity contribution in [2.24, 2.45) is 0 Å². The number of nitrogens with zero attached hydrogens (tertiary/aromatic N) is 2. The van der Waals surface area contributed by atoms with E-state index in [0.717, 1.165) is 6.20 Å². The molecule has 0 unspecified atom stereocenters. The van der Waals surface area contributed by atoms with Crippen molar-refractivity contribution in [3.63, 3.8) is 0 Å². The van der Waals surface area contributed by atoms with Crippen LogP contribution in [0, 0.1) is 0 Å². The zero-order valence-corrected chi connectivity index (χ0v) is 8.44. The Hall–Kier alpha value is -0.850. The van der Waals surface area contributed by atoms with Crippen LogP contribution in [-0.4, -0.2) is 15.9 Å². The van der Waals surface area contributed by atoms with E-state index >= 15 is 0 Å². The molecule has 6 nitrogen and oxygen atoms in total. The van der Waals surface area contributed by atoms with Gasteiger partial charge in [0.2, 0.25) is 5.95 Å². The summed E-state index contributed by atoms with van der Waals surface area (Å²) in [5, 5.41) is 10.2. The molecule has 0 saturated carbocycles. The molecule has 0 fully saturated rings. The van der Waals surface area contributed by atoms with Gasteiger partial charge in [-0.1, -0.05) is 0 Å². The van der Waals surface area contributed by atoms with Crippen LogP contribution in [0.25, 0.3) is 0 Å². The third kappa shape index (κ3) is 2.33. The summed E-state index contributed by atoms with van der Waals surface area (Å²) in [5.74, 6) is -1.60. The van der Waals surface area contributed by atoms with Crippen LogP contribution in [0.1, 0.15) is 10.5 Å². The molecule has 4 N–H and O–H groups in total. The Labute approximate surface area is 90.3 Å². The molecular weight excluding hydrogens is 171 g/mol. The molecule has 0 aromatic carbocycles. The summed E-state index contributed by atoms with van der Waals surface area (Å²) in [7, 11) is 0. The summed E-state index contributed by atoms with van der Waals surface area (Å²) in [5.41, 5.74) is 9.85. The van der Waals surface area contributed by atoms with Gasteiger partial charge >= 0.3 is 29.6 Å². The molecule has 0 radical (unpaired) electrons. The predicted octanol–water partition coefficient (Wildman–Crippen LogP) is -4.99. The first kappa shape index (κ1) is 11.2. The number of nitrogens with two attached hydrogens (primary N) is 2. The molecule has 1 heterocycles. The van der Waals surface area contributed by atoms with Gasteiger partial charge in [-0.15, -0.1) is 0 Å². The average molecular weight is 176 g/mol. The molecule has 12 heavy (non-hydrogen) atoms. The number of carboxylic acid groups (broad SMARTS) is 1. The molecule has 0 amide bonds.